The van der Waals surface area contributed by atoms with Gasteiger partial charge in [0.05, 0.1) is 18.7 Å². The zero-order valence-corrected chi connectivity index (χ0v) is 20.3. The van der Waals surface area contributed by atoms with Crippen LogP contribution >= 0.6 is 0 Å². The summed E-state index contributed by atoms with van der Waals surface area (Å²) in [4.78, 5) is 27.6. The van der Waals surface area contributed by atoms with Gasteiger partial charge in [0.15, 0.2) is 0 Å². The molecule has 1 fully saturated rings. The summed E-state index contributed by atoms with van der Waals surface area (Å²) in [6.45, 7) is 9.07. The average Bonchev–Trinajstić information content (AvgIpc) is 3.03. The second kappa shape index (κ2) is 9.79. The third-order valence-corrected chi connectivity index (χ3v) is 6.05. The molecule has 1 N–H and O–H groups in total. The number of nitrogens with zero attached hydrogens (tertiary/aromatic N) is 1. The van der Waals surface area contributed by atoms with Gasteiger partial charge < -0.3 is 19.5 Å². The molecule has 1 atom stereocenters. The summed E-state index contributed by atoms with van der Waals surface area (Å²) < 4.78 is 10.4. The van der Waals surface area contributed by atoms with Crippen molar-refractivity contribution >= 4 is 17.4 Å². The molecule has 2 aromatic rings. The Bertz CT molecular complexity index is 1060. The highest BCUT2D eigenvalue weighted by molar-refractivity contribution is 6.46. The number of Topliss-reactive ketones (excluding diaryl/α,β-unsaturated/α-hetero) is 1. The first-order valence-corrected chi connectivity index (χ1v) is 11.1. The highest BCUT2D eigenvalue weighted by atomic mass is 16.5. The number of ether oxygens (including phenoxy) is 2. The van der Waals surface area contributed by atoms with Gasteiger partial charge in [0.1, 0.15) is 11.5 Å². The van der Waals surface area contributed by atoms with Gasteiger partial charge in [-0.2, -0.15) is 0 Å². The van der Waals surface area contributed by atoms with Crippen molar-refractivity contribution in [3.05, 3.63) is 70.3 Å². The fourth-order valence-corrected chi connectivity index (χ4v) is 4.18. The van der Waals surface area contributed by atoms with Gasteiger partial charge in [0.2, 0.25) is 0 Å². The fourth-order valence-electron chi connectivity index (χ4n) is 4.18. The smallest absolute Gasteiger partial charge is 0.295 e. The molecule has 1 amide bonds. The summed E-state index contributed by atoms with van der Waals surface area (Å²) in [6, 6.07) is 12.4. The quantitative estimate of drug-likeness (QED) is 0.284. The van der Waals surface area contributed by atoms with E-state index in [4.69, 9.17) is 9.47 Å². The van der Waals surface area contributed by atoms with Gasteiger partial charge in [-0.3, -0.25) is 9.59 Å². The number of aliphatic hydroxyl groups excluding tert-OH is 1. The molecule has 1 saturated heterocycles. The number of ketones is 1. The predicted octanol–water partition coefficient (Wildman–Crippen LogP) is 4.76. The van der Waals surface area contributed by atoms with Crippen LogP contribution in [0.5, 0.6) is 5.75 Å². The number of methoxy groups -OCH3 is 2. The lowest BCUT2D eigenvalue weighted by atomic mass is 9.85. The third kappa shape index (κ3) is 4.96. The maximum Gasteiger partial charge on any atom is 0.295 e. The maximum atomic E-state index is 13.1. The lowest BCUT2D eigenvalue weighted by molar-refractivity contribution is -0.140. The molecular weight excluding hydrogens is 418 g/mol. The number of aliphatic hydroxyl groups is 1. The molecule has 6 heteroatoms. The lowest BCUT2D eigenvalue weighted by Gasteiger charge is -2.26. The molecule has 33 heavy (non-hydrogen) atoms. The second-order valence-corrected chi connectivity index (χ2v) is 9.40. The van der Waals surface area contributed by atoms with Crippen LogP contribution in [-0.4, -0.2) is 49.1 Å². The minimum atomic E-state index is -0.678. The number of benzene rings is 2. The highest BCUT2D eigenvalue weighted by Crippen LogP contribution is 2.40. The monoisotopic (exact) mass is 451 g/mol. The molecule has 0 aromatic heterocycles. The third-order valence-electron chi connectivity index (χ3n) is 6.05. The van der Waals surface area contributed by atoms with Gasteiger partial charge in [-0.1, -0.05) is 45.0 Å². The van der Waals surface area contributed by atoms with E-state index in [1.165, 1.54) is 4.90 Å². The SMILES string of the molecule is COCCCN1C(=O)C(=O)C(=C(O)c2ccc(OC)c(C)c2)[C@@H]1c1ccc(C(C)(C)C)cc1. The summed E-state index contributed by atoms with van der Waals surface area (Å²) in [5, 5.41) is 11.2. The second-order valence-electron chi connectivity index (χ2n) is 9.40. The minimum absolute atomic E-state index is 0.0283. The first kappa shape index (κ1) is 24.5. The van der Waals surface area contributed by atoms with Crippen LogP contribution in [0.15, 0.2) is 48.0 Å². The van der Waals surface area contributed by atoms with E-state index >= 15 is 0 Å². The first-order valence-electron chi connectivity index (χ1n) is 11.1. The number of rotatable bonds is 7. The Balaban J connectivity index is 2.13. The van der Waals surface area contributed by atoms with E-state index in [0.29, 0.717) is 30.9 Å². The van der Waals surface area contributed by atoms with Gasteiger partial charge in [0.25, 0.3) is 11.7 Å². The van der Waals surface area contributed by atoms with Crippen molar-refractivity contribution in [1.82, 2.24) is 4.90 Å². The Kier molecular flexibility index (Phi) is 7.28. The molecule has 0 radical (unpaired) electrons. The van der Waals surface area contributed by atoms with Crippen molar-refractivity contribution in [2.45, 2.75) is 45.6 Å². The van der Waals surface area contributed by atoms with Gasteiger partial charge in [0, 0.05) is 25.8 Å². The summed E-state index contributed by atoms with van der Waals surface area (Å²) in [5.74, 6) is -0.787. The fraction of sp³-hybridized carbons (Fsp3) is 0.407. The van der Waals surface area contributed by atoms with E-state index in [1.54, 1.807) is 32.4 Å². The maximum absolute atomic E-state index is 13.1. The van der Waals surface area contributed by atoms with Crippen LogP contribution in [0.1, 0.15) is 55.5 Å². The minimum Gasteiger partial charge on any atom is -0.507 e. The Morgan fingerprint density at radius 3 is 2.27 bits per heavy atom. The van der Waals surface area contributed by atoms with E-state index in [1.807, 2.05) is 31.2 Å². The molecule has 176 valence electrons. The molecule has 0 saturated carbocycles. The molecule has 0 spiro atoms. The largest absolute Gasteiger partial charge is 0.507 e. The number of carbonyl (C=O) groups excluding carboxylic acids is 2. The van der Waals surface area contributed by atoms with Crippen molar-refractivity contribution in [3.63, 3.8) is 0 Å². The lowest BCUT2D eigenvalue weighted by Crippen LogP contribution is -2.31. The number of aryl methyl sites for hydroxylation is 1. The van der Waals surface area contributed by atoms with Crippen LogP contribution in [0.3, 0.4) is 0 Å². The van der Waals surface area contributed by atoms with Crippen molar-refractivity contribution in [3.8, 4) is 5.75 Å². The van der Waals surface area contributed by atoms with E-state index in [9.17, 15) is 14.7 Å². The van der Waals surface area contributed by atoms with Crippen LogP contribution < -0.4 is 4.74 Å². The van der Waals surface area contributed by atoms with E-state index in [0.717, 1.165) is 16.7 Å². The van der Waals surface area contributed by atoms with Crippen LogP contribution in [0, 0.1) is 6.92 Å². The van der Waals surface area contributed by atoms with E-state index < -0.39 is 17.7 Å². The molecule has 1 heterocycles. The number of carbonyl (C=O) groups is 2. The van der Waals surface area contributed by atoms with Crippen LogP contribution in [0.4, 0.5) is 0 Å². The molecule has 1 aliphatic rings. The standard InChI is InChI=1S/C27H33NO5/c1-17-16-19(10-13-21(17)33-6)24(29)22-23(18-8-11-20(12-9-18)27(2,3)4)28(14-7-15-32-5)26(31)25(22)30/h8-13,16,23,29H,7,14-15H2,1-6H3/t23-/m0/s1. The number of hydrogen-bond acceptors (Lipinski definition) is 5. The van der Waals surface area contributed by atoms with E-state index in [-0.39, 0.29) is 16.7 Å². The predicted molar refractivity (Wildman–Crippen MR) is 128 cm³/mol. The van der Waals surface area contributed by atoms with E-state index in [2.05, 4.69) is 20.8 Å². The van der Waals surface area contributed by atoms with Gasteiger partial charge >= 0.3 is 0 Å². The number of amides is 1. The normalized spacial score (nSPS) is 18.1. The Hall–Kier alpha value is -3.12. The first-order chi connectivity index (χ1) is 15.6. The van der Waals surface area contributed by atoms with Gasteiger partial charge in [-0.15, -0.1) is 0 Å². The topological polar surface area (TPSA) is 76.1 Å². The zero-order chi connectivity index (χ0) is 24.3. The molecule has 0 bridgehead atoms. The van der Waals surface area contributed by atoms with Crippen LogP contribution in [0.2, 0.25) is 0 Å². The Labute approximate surface area is 195 Å². The molecule has 3 rings (SSSR count). The number of likely N-dealkylation sites (tertiary alicyclic amines) is 1. The van der Waals surface area contributed by atoms with Crippen LogP contribution in [0.25, 0.3) is 5.76 Å². The zero-order valence-electron chi connectivity index (χ0n) is 20.3. The average molecular weight is 452 g/mol. The van der Waals surface area contributed by atoms with Crippen molar-refractivity contribution in [2.24, 2.45) is 0 Å². The van der Waals surface area contributed by atoms with Crippen LogP contribution in [-0.2, 0) is 19.7 Å². The van der Waals surface area contributed by atoms with Gasteiger partial charge in [-0.25, -0.2) is 0 Å². The molecule has 1 aliphatic heterocycles. The van der Waals surface area contributed by atoms with Gasteiger partial charge in [-0.05, 0) is 53.6 Å². The summed E-state index contributed by atoms with van der Waals surface area (Å²) in [5.41, 5.74) is 3.30. The van der Waals surface area contributed by atoms with Crippen molar-refractivity contribution in [1.29, 1.82) is 0 Å². The summed E-state index contributed by atoms with van der Waals surface area (Å²) in [6.07, 6.45) is 0.585. The molecular formula is C27H33NO5. The Morgan fingerprint density at radius 1 is 1.06 bits per heavy atom. The van der Waals surface area contributed by atoms with Crippen molar-refractivity contribution < 1.29 is 24.2 Å². The molecule has 2 aromatic carbocycles. The molecule has 6 nitrogen and oxygen atoms in total. The highest BCUT2D eigenvalue weighted by Gasteiger charge is 2.45. The van der Waals surface area contributed by atoms with Crippen molar-refractivity contribution in [2.75, 3.05) is 27.4 Å². The summed E-state index contributed by atoms with van der Waals surface area (Å²) >= 11 is 0. The molecule has 0 unspecified atom stereocenters. The molecule has 0 aliphatic carbocycles. The number of hydrogen-bond donors (Lipinski definition) is 1. The Morgan fingerprint density at radius 2 is 1.73 bits per heavy atom. The summed E-state index contributed by atoms with van der Waals surface area (Å²) in [7, 11) is 3.18.